The van der Waals surface area contributed by atoms with Crippen LogP contribution in [-0.4, -0.2) is 73.3 Å². The summed E-state index contributed by atoms with van der Waals surface area (Å²) in [6.07, 6.45) is 6.25. The lowest BCUT2D eigenvalue weighted by atomic mass is 9.92. The number of nitrogens with one attached hydrogen (secondary N) is 1. The predicted octanol–water partition coefficient (Wildman–Crippen LogP) is 4.99. The van der Waals surface area contributed by atoms with Crippen LogP contribution in [0.25, 0.3) is 10.4 Å². The Balaban J connectivity index is 0.000000559. The van der Waals surface area contributed by atoms with E-state index in [0.29, 0.717) is 25.7 Å². The Morgan fingerprint density at radius 1 is 1.25 bits per heavy atom. The number of aliphatic hydroxyl groups excluding tert-OH is 1. The molecule has 40 heavy (non-hydrogen) atoms. The molecular weight excluding hydrogens is 530 g/mol. The summed E-state index contributed by atoms with van der Waals surface area (Å²) < 4.78 is 9.69. The number of nitrogens with zero attached hydrogens (tertiary/aromatic N) is 2. The summed E-state index contributed by atoms with van der Waals surface area (Å²) in [4.78, 5) is 37.3. The van der Waals surface area contributed by atoms with Gasteiger partial charge in [0.2, 0.25) is 12.8 Å². The molecule has 1 aromatic carbocycles. The number of ether oxygens (including phenoxy) is 2. The van der Waals surface area contributed by atoms with E-state index >= 15 is 0 Å². The molecule has 3 rings (SSSR count). The quantitative estimate of drug-likeness (QED) is 0.219. The van der Waals surface area contributed by atoms with E-state index in [0.717, 1.165) is 56.6 Å². The maximum atomic E-state index is 10.4. The van der Waals surface area contributed by atoms with E-state index in [4.69, 9.17) is 9.84 Å². The Hall–Kier alpha value is -2.82. The molecule has 2 heterocycles. The van der Waals surface area contributed by atoms with E-state index < -0.39 is 0 Å². The SMILES string of the molecule is CCC(C)(C)CO.CCCCOC1CCN(C=O)C1.COC(C)=O.Cc1ncsc1-c1ccc(CNC=O)cc1. The van der Waals surface area contributed by atoms with Crippen molar-refractivity contribution in [1.29, 1.82) is 0 Å². The predicted molar refractivity (Wildman–Crippen MR) is 161 cm³/mol. The number of amides is 2. The molecule has 10 heteroatoms. The molecule has 226 valence electrons. The number of hydrogen-bond acceptors (Lipinski definition) is 8. The van der Waals surface area contributed by atoms with Gasteiger partial charge in [0.1, 0.15) is 0 Å². The van der Waals surface area contributed by atoms with Crippen molar-refractivity contribution >= 4 is 30.1 Å². The van der Waals surface area contributed by atoms with Gasteiger partial charge in [-0.1, -0.05) is 58.4 Å². The molecule has 1 unspecified atom stereocenters. The van der Waals surface area contributed by atoms with Crippen LogP contribution in [0.15, 0.2) is 29.8 Å². The third kappa shape index (κ3) is 17.0. The number of aliphatic hydroxyl groups is 1. The first-order valence-corrected chi connectivity index (χ1v) is 14.6. The summed E-state index contributed by atoms with van der Waals surface area (Å²) >= 11 is 1.64. The van der Waals surface area contributed by atoms with Crippen LogP contribution >= 0.6 is 11.3 Å². The smallest absolute Gasteiger partial charge is 0.302 e. The van der Waals surface area contributed by atoms with Crippen LogP contribution in [-0.2, 0) is 30.4 Å². The number of thiazole rings is 1. The van der Waals surface area contributed by atoms with Gasteiger partial charge in [-0.05, 0) is 42.7 Å². The number of unbranched alkanes of at least 4 members (excludes halogenated alkanes) is 1. The number of methoxy groups -OCH3 is 1. The van der Waals surface area contributed by atoms with Crippen LogP contribution in [0.2, 0.25) is 0 Å². The first-order chi connectivity index (χ1) is 19.1. The van der Waals surface area contributed by atoms with E-state index in [1.165, 1.54) is 30.9 Å². The molecule has 0 aliphatic carbocycles. The highest BCUT2D eigenvalue weighted by molar-refractivity contribution is 7.13. The van der Waals surface area contributed by atoms with Crippen LogP contribution in [0.4, 0.5) is 0 Å². The van der Waals surface area contributed by atoms with Gasteiger partial charge in [0.05, 0.1) is 29.3 Å². The number of carbonyl (C=O) groups is 3. The normalized spacial score (nSPS) is 13.9. The van der Waals surface area contributed by atoms with Crippen molar-refractivity contribution in [3.05, 3.63) is 41.0 Å². The Kier molecular flexibility index (Phi) is 20.4. The minimum absolute atomic E-state index is 0.139. The van der Waals surface area contributed by atoms with E-state index in [1.54, 1.807) is 16.2 Å². The average Bonchev–Trinajstić information content (AvgIpc) is 3.62. The lowest BCUT2D eigenvalue weighted by Crippen LogP contribution is -2.21. The van der Waals surface area contributed by atoms with Gasteiger partial charge < -0.3 is 24.8 Å². The van der Waals surface area contributed by atoms with Gasteiger partial charge in [0.25, 0.3) is 0 Å². The van der Waals surface area contributed by atoms with Crippen molar-refractivity contribution in [3.8, 4) is 10.4 Å². The highest BCUT2D eigenvalue weighted by Gasteiger charge is 2.21. The number of rotatable bonds is 11. The van der Waals surface area contributed by atoms with Gasteiger partial charge in [-0.3, -0.25) is 14.4 Å². The first kappa shape index (κ1) is 37.2. The van der Waals surface area contributed by atoms with Gasteiger partial charge in [0.15, 0.2) is 0 Å². The fourth-order valence-electron chi connectivity index (χ4n) is 3.00. The standard InChI is InChI=1S/C12H12N2OS.C9H17NO2.C6H14O.C3H6O2/c1-9-12(16-8-14-9)11-4-2-10(3-5-11)6-13-7-15;1-2-3-6-12-9-4-5-10(7-9)8-11;1-4-6(2,3)5-7;1-3(4)5-2/h2-5,7-8H,6H2,1H3,(H,13,15);8-9H,2-7H2,1H3;7H,4-5H2,1-3H3;1-2H3. The van der Waals surface area contributed by atoms with Crippen LogP contribution in [0.5, 0.6) is 0 Å². The molecule has 0 radical (unpaired) electrons. The van der Waals surface area contributed by atoms with Crippen molar-refractivity contribution in [1.82, 2.24) is 15.2 Å². The number of carbonyl (C=O) groups excluding carboxylic acids is 3. The number of hydrogen-bond donors (Lipinski definition) is 2. The molecule has 2 N–H and O–H groups in total. The Bertz CT molecular complexity index is 943. The fourth-order valence-corrected chi connectivity index (χ4v) is 3.82. The molecule has 1 aliphatic rings. The number of esters is 1. The van der Waals surface area contributed by atoms with Crippen LogP contribution in [0.1, 0.15) is 71.6 Å². The van der Waals surface area contributed by atoms with E-state index in [1.807, 2.05) is 38.4 Å². The molecular formula is C30H49N3O6S. The first-order valence-electron chi connectivity index (χ1n) is 13.7. The van der Waals surface area contributed by atoms with E-state index in [-0.39, 0.29) is 11.4 Å². The molecule has 2 amide bonds. The molecule has 0 saturated carbocycles. The van der Waals surface area contributed by atoms with Gasteiger partial charge >= 0.3 is 5.97 Å². The van der Waals surface area contributed by atoms with Crippen molar-refractivity contribution in [2.45, 2.75) is 79.9 Å². The zero-order valence-corrected chi connectivity index (χ0v) is 26.1. The van der Waals surface area contributed by atoms with Crippen molar-refractivity contribution in [2.24, 2.45) is 5.41 Å². The summed E-state index contributed by atoms with van der Waals surface area (Å²) in [6, 6.07) is 8.15. The Morgan fingerprint density at radius 3 is 2.30 bits per heavy atom. The summed E-state index contributed by atoms with van der Waals surface area (Å²) in [5, 5.41) is 11.2. The third-order valence-electron chi connectivity index (χ3n) is 6.20. The van der Waals surface area contributed by atoms with E-state index in [2.05, 4.69) is 41.0 Å². The fraction of sp³-hybridized carbons (Fsp3) is 0.600. The number of aromatic nitrogens is 1. The van der Waals surface area contributed by atoms with Gasteiger partial charge in [0, 0.05) is 39.8 Å². The molecule has 1 fully saturated rings. The van der Waals surface area contributed by atoms with Crippen molar-refractivity contribution in [3.63, 3.8) is 0 Å². The second kappa shape index (κ2) is 21.9. The lowest BCUT2D eigenvalue weighted by Gasteiger charge is -2.17. The molecule has 0 spiro atoms. The maximum Gasteiger partial charge on any atom is 0.302 e. The second-order valence-electron chi connectivity index (χ2n) is 10.1. The summed E-state index contributed by atoms with van der Waals surface area (Å²) in [7, 11) is 1.35. The Morgan fingerprint density at radius 2 is 1.90 bits per heavy atom. The molecule has 2 aromatic rings. The molecule has 0 bridgehead atoms. The monoisotopic (exact) mass is 579 g/mol. The lowest BCUT2D eigenvalue weighted by molar-refractivity contribution is -0.138. The summed E-state index contributed by atoms with van der Waals surface area (Å²) in [6.45, 7) is 15.1. The van der Waals surface area contributed by atoms with Crippen molar-refractivity contribution in [2.75, 3.05) is 33.4 Å². The molecule has 1 aliphatic heterocycles. The zero-order chi connectivity index (χ0) is 30.4. The number of likely N-dealkylation sites (tertiary alicyclic amines) is 1. The van der Waals surface area contributed by atoms with Crippen LogP contribution in [0, 0.1) is 12.3 Å². The van der Waals surface area contributed by atoms with Gasteiger partial charge in [-0.15, -0.1) is 11.3 Å². The molecule has 9 nitrogen and oxygen atoms in total. The molecule has 1 aromatic heterocycles. The average molecular weight is 580 g/mol. The topological polar surface area (TPSA) is 118 Å². The Labute approximate surface area is 244 Å². The summed E-state index contributed by atoms with van der Waals surface area (Å²) in [5.41, 5.74) is 5.32. The number of aryl methyl sites for hydroxylation is 1. The largest absolute Gasteiger partial charge is 0.469 e. The molecule has 1 atom stereocenters. The second-order valence-corrected chi connectivity index (χ2v) is 10.9. The molecule has 1 saturated heterocycles. The van der Waals surface area contributed by atoms with Gasteiger partial charge in [-0.2, -0.15) is 0 Å². The highest BCUT2D eigenvalue weighted by Crippen LogP contribution is 2.27. The third-order valence-corrected chi connectivity index (χ3v) is 7.18. The van der Waals surface area contributed by atoms with Gasteiger partial charge in [-0.25, -0.2) is 4.98 Å². The van der Waals surface area contributed by atoms with E-state index in [9.17, 15) is 14.4 Å². The number of benzene rings is 1. The van der Waals surface area contributed by atoms with Crippen LogP contribution < -0.4 is 5.32 Å². The zero-order valence-electron chi connectivity index (χ0n) is 25.3. The minimum atomic E-state index is -0.245. The minimum Gasteiger partial charge on any atom is -0.469 e. The van der Waals surface area contributed by atoms with Crippen LogP contribution in [0.3, 0.4) is 0 Å². The maximum absolute atomic E-state index is 10.4. The summed E-state index contributed by atoms with van der Waals surface area (Å²) in [5.74, 6) is -0.245. The van der Waals surface area contributed by atoms with Crippen molar-refractivity contribution < 1.29 is 29.0 Å². The highest BCUT2D eigenvalue weighted by atomic mass is 32.1.